The van der Waals surface area contributed by atoms with Gasteiger partial charge in [-0.3, -0.25) is 9.59 Å². The Kier molecular flexibility index (Phi) is 7.18. The summed E-state index contributed by atoms with van der Waals surface area (Å²) in [4.78, 5) is 37.4. The lowest BCUT2D eigenvalue weighted by Gasteiger charge is -2.31. The van der Waals surface area contributed by atoms with Crippen molar-refractivity contribution in [3.05, 3.63) is 59.7 Å². The molecule has 1 aliphatic rings. The van der Waals surface area contributed by atoms with Crippen LogP contribution in [0.15, 0.2) is 48.5 Å². The highest BCUT2D eigenvalue weighted by molar-refractivity contribution is 5.83. The SMILES string of the molecule is CCC(C)(CNC(=O)OCC1c2ccccc2-c2ccccc21)C(=O)N(C)CCC(=O)O. The third-order valence-electron chi connectivity index (χ3n) is 6.27. The van der Waals surface area contributed by atoms with Crippen molar-refractivity contribution in [2.24, 2.45) is 5.41 Å². The van der Waals surface area contributed by atoms with Gasteiger partial charge in [-0.1, -0.05) is 55.5 Å². The topological polar surface area (TPSA) is 95.9 Å². The number of rotatable bonds is 9. The Bertz CT molecular complexity index is 960. The minimum Gasteiger partial charge on any atom is -0.481 e. The summed E-state index contributed by atoms with van der Waals surface area (Å²) < 4.78 is 5.55. The molecule has 2 amide bonds. The minimum atomic E-state index is -0.959. The number of carbonyl (C=O) groups is 3. The molecule has 3 rings (SSSR count). The Morgan fingerprint density at radius 3 is 2.16 bits per heavy atom. The van der Waals surface area contributed by atoms with E-state index in [1.165, 1.54) is 4.90 Å². The molecule has 0 aromatic heterocycles. The van der Waals surface area contributed by atoms with Gasteiger partial charge in [-0.05, 0) is 35.6 Å². The molecule has 170 valence electrons. The van der Waals surface area contributed by atoms with Crippen molar-refractivity contribution in [1.29, 1.82) is 0 Å². The van der Waals surface area contributed by atoms with Crippen LogP contribution in [0.4, 0.5) is 4.79 Å². The molecule has 0 radical (unpaired) electrons. The monoisotopic (exact) mass is 438 g/mol. The summed E-state index contributed by atoms with van der Waals surface area (Å²) in [5.41, 5.74) is 3.74. The highest BCUT2D eigenvalue weighted by Gasteiger charge is 2.35. The summed E-state index contributed by atoms with van der Waals surface area (Å²) in [6, 6.07) is 16.2. The van der Waals surface area contributed by atoms with Crippen molar-refractivity contribution in [3.63, 3.8) is 0 Å². The maximum atomic E-state index is 12.8. The van der Waals surface area contributed by atoms with Crippen molar-refractivity contribution >= 4 is 18.0 Å². The quantitative estimate of drug-likeness (QED) is 0.620. The van der Waals surface area contributed by atoms with Gasteiger partial charge in [-0.2, -0.15) is 0 Å². The lowest BCUT2D eigenvalue weighted by atomic mass is 9.85. The van der Waals surface area contributed by atoms with Gasteiger partial charge in [0.15, 0.2) is 0 Å². The summed E-state index contributed by atoms with van der Waals surface area (Å²) in [5, 5.41) is 11.6. The molecule has 32 heavy (non-hydrogen) atoms. The van der Waals surface area contributed by atoms with E-state index in [0.29, 0.717) is 6.42 Å². The first-order valence-corrected chi connectivity index (χ1v) is 10.8. The first-order valence-electron chi connectivity index (χ1n) is 10.8. The Hall–Kier alpha value is -3.35. The van der Waals surface area contributed by atoms with Gasteiger partial charge in [0.2, 0.25) is 5.91 Å². The van der Waals surface area contributed by atoms with E-state index in [9.17, 15) is 14.4 Å². The molecule has 1 unspecified atom stereocenters. The Labute approximate surface area is 188 Å². The molecule has 7 nitrogen and oxygen atoms in total. The number of fused-ring (bicyclic) bond motifs is 3. The number of amides is 2. The second kappa shape index (κ2) is 9.85. The van der Waals surface area contributed by atoms with Crippen molar-refractivity contribution < 1.29 is 24.2 Å². The van der Waals surface area contributed by atoms with Crippen molar-refractivity contribution in [1.82, 2.24) is 10.2 Å². The molecule has 0 spiro atoms. The average Bonchev–Trinajstić information content (AvgIpc) is 3.12. The van der Waals surface area contributed by atoms with E-state index in [4.69, 9.17) is 9.84 Å². The molecule has 0 heterocycles. The number of hydrogen-bond donors (Lipinski definition) is 2. The fraction of sp³-hybridized carbons (Fsp3) is 0.400. The number of nitrogens with one attached hydrogen (secondary N) is 1. The number of nitrogens with zero attached hydrogens (tertiary/aromatic N) is 1. The van der Waals surface area contributed by atoms with E-state index in [1.807, 2.05) is 31.2 Å². The van der Waals surface area contributed by atoms with E-state index in [2.05, 4.69) is 29.6 Å². The third kappa shape index (κ3) is 4.93. The normalized spacial score (nSPS) is 14.1. The number of benzene rings is 2. The predicted molar refractivity (Wildman–Crippen MR) is 121 cm³/mol. The van der Waals surface area contributed by atoms with Gasteiger partial charge in [0.25, 0.3) is 0 Å². The second-order valence-corrected chi connectivity index (χ2v) is 8.46. The van der Waals surface area contributed by atoms with Gasteiger partial charge in [-0.25, -0.2) is 4.79 Å². The molecule has 0 fully saturated rings. The smallest absolute Gasteiger partial charge is 0.407 e. The van der Waals surface area contributed by atoms with Crippen LogP contribution in [0.5, 0.6) is 0 Å². The summed E-state index contributed by atoms with van der Waals surface area (Å²) in [5.74, 6) is -1.20. The number of carboxylic acids is 1. The molecule has 7 heteroatoms. The zero-order chi connectivity index (χ0) is 23.3. The van der Waals surface area contributed by atoms with E-state index in [-0.39, 0.29) is 37.9 Å². The molecule has 2 aromatic rings. The van der Waals surface area contributed by atoms with Crippen molar-refractivity contribution in [3.8, 4) is 11.1 Å². The van der Waals surface area contributed by atoms with Crippen LogP contribution in [0, 0.1) is 5.41 Å². The van der Waals surface area contributed by atoms with E-state index >= 15 is 0 Å². The number of hydrogen-bond acceptors (Lipinski definition) is 4. The van der Waals surface area contributed by atoms with E-state index < -0.39 is 17.5 Å². The Morgan fingerprint density at radius 1 is 1.06 bits per heavy atom. The van der Waals surface area contributed by atoms with Crippen LogP contribution in [-0.2, 0) is 14.3 Å². The Morgan fingerprint density at radius 2 is 1.62 bits per heavy atom. The average molecular weight is 439 g/mol. The van der Waals surface area contributed by atoms with Gasteiger partial charge in [0.05, 0.1) is 11.8 Å². The molecule has 0 aliphatic heterocycles. The number of carbonyl (C=O) groups excluding carboxylic acids is 2. The van der Waals surface area contributed by atoms with Crippen LogP contribution in [0.1, 0.15) is 43.7 Å². The number of aliphatic carboxylic acids is 1. The molecule has 0 saturated carbocycles. The maximum Gasteiger partial charge on any atom is 0.407 e. The van der Waals surface area contributed by atoms with Crippen LogP contribution in [0.25, 0.3) is 11.1 Å². The van der Waals surface area contributed by atoms with Crippen molar-refractivity contribution in [2.75, 3.05) is 26.7 Å². The van der Waals surface area contributed by atoms with Crippen LogP contribution in [-0.4, -0.2) is 54.7 Å². The summed E-state index contributed by atoms with van der Waals surface area (Å²) in [6.45, 7) is 4.05. The van der Waals surface area contributed by atoms with Gasteiger partial charge in [0, 0.05) is 26.1 Å². The standard InChI is InChI=1S/C25H30N2O5/c1-4-25(2,23(30)27(3)14-13-22(28)29)16-26-24(31)32-15-21-19-11-7-5-9-17(19)18-10-6-8-12-20(18)21/h5-12,21H,4,13-16H2,1-3H3,(H,26,31)(H,28,29). The van der Waals surface area contributed by atoms with E-state index in [0.717, 1.165) is 22.3 Å². The minimum absolute atomic E-state index is 0.0329. The molecule has 0 saturated heterocycles. The number of carboxylic acid groups (broad SMARTS) is 1. The van der Waals surface area contributed by atoms with Gasteiger partial charge >= 0.3 is 12.1 Å². The second-order valence-electron chi connectivity index (χ2n) is 8.46. The number of ether oxygens (including phenoxy) is 1. The maximum absolute atomic E-state index is 12.8. The van der Waals surface area contributed by atoms with Gasteiger partial charge < -0.3 is 20.1 Å². The molecular formula is C25H30N2O5. The van der Waals surface area contributed by atoms with Crippen LogP contribution >= 0.6 is 0 Å². The van der Waals surface area contributed by atoms with Gasteiger partial charge in [-0.15, -0.1) is 0 Å². The lowest BCUT2D eigenvalue weighted by molar-refractivity contribution is -0.142. The van der Waals surface area contributed by atoms with Crippen molar-refractivity contribution in [2.45, 2.75) is 32.6 Å². The summed E-state index contributed by atoms with van der Waals surface area (Å²) in [7, 11) is 1.58. The zero-order valence-electron chi connectivity index (χ0n) is 18.8. The molecule has 0 bridgehead atoms. The highest BCUT2D eigenvalue weighted by Crippen LogP contribution is 2.44. The third-order valence-corrected chi connectivity index (χ3v) is 6.27. The first-order chi connectivity index (χ1) is 15.3. The van der Waals surface area contributed by atoms with Gasteiger partial charge in [0.1, 0.15) is 6.61 Å². The first kappa shape index (κ1) is 23.3. The molecule has 2 aromatic carbocycles. The highest BCUT2D eigenvalue weighted by atomic mass is 16.5. The molecule has 1 atom stereocenters. The number of alkyl carbamates (subject to hydrolysis) is 1. The molecular weight excluding hydrogens is 408 g/mol. The molecule has 1 aliphatic carbocycles. The van der Waals surface area contributed by atoms with E-state index in [1.54, 1.807) is 14.0 Å². The predicted octanol–water partition coefficient (Wildman–Crippen LogP) is 3.87. The van der Waals surface area contributed by atoms with Crippen LogP contribution in [0.3, 0.4) is 0 Å². The van der Waals surface area contributed by atoms with Crippen LogP contribution < -0.4 is 5.32 Å². The molecule has 2 N–H and O–H groups in total. The largest absolute Gasteiger partial charge is 0.481 e. The fourth-order valence-electron chi connectivity index (χ4n) is 4.09. The lowest BCUT2D eigenvalue weighted by Crippen LogP contribution is -2.47. The zero-order valence-corrected chi connectivity index (χ0v) is 18.8. The fourth-order valence-corrected chi connectivity index (χ4v) is 4.09. The Balaban J connectivity index is 1.59. The van der Waals surface area contributed by atoms with Crippen LogP contribution in [0.2, 0.25) is 0 Å². The summed E-state index contributed by atoms with van der Waals surface area (Å²) in [6.07, 6.45) is -0.207. The summed E-state index contributed by atoms with van der Waals surface area (Å²) >= 11 is 0.